The molecule has 0 saturated heterocycles. The molecule has 1 heterocycles. The summed E-state index contributed by atoms with van der Waals surface area (Å²) in [6.45, 7) is 6.70. The molecule has 0 bridgehead atoms. The second-order valence-corrected chi connectivity index (χ2v) is 6.82. The molecule has 2 rings (SSSR count). The molecule has 3 heteroatoms. The van der Waals surface area contributed by atoms with Crippen molar-refractivity contribution in [2.45, 2.75) is 71.8 Å². The van der Waals surface area contributed by atoms with Crippen molar-refractivity contribution >= 4 is 0 Å². The molecular weight excluding hydrogens is 258 g/mol. The van der Waals surface area contributed by atoms with E-state index in [1.807, 2.05) is 4.68 Å². The van der Waals surface area contributed by atoms with E-state index in [2.05, 4.69) is 45.3 Å². The molecule has 0 amide bonds. The molecule has 0 spiro atoms. The van der Waals surface area contributed by atoms with Crippen molar-refractivity contribution in [1.82, 2.24) is 15.1 Å². The summed E-state index contributed by atoms with van der Waals surface area (Å²) >= 11 is 0. The zero-order chi connectivity index (χ0) is 15.4. The Hall–Kier alpha value is -0.830. The number of hydrogen-bond acceptors (Lipinski definition) is 2. The molecule has 1 N–H and O–H groups in total. The van der Waals surface area contributed by atoms with Gasteiger partial charge < -0.3 is 5.32 Å². The lowest BCUT2D eigenvalue weighted by atomic mass is 9.73. The van der Waals surface area contributed by atoms with Crippen LogP contribution < -0.4 is 5.32 Å². The summed E-state index contributed by atoms with van der Waals surface area (Å²) in [5.41, 5.74) is 4.00. The third-order valence-corrected chi connectivity index (χ3v) is 5.74. The SMILES string of the molecule is CCC1CCCCC1C(CCc1c(C)nn(C)c1C)NC. The van der Waals surface area contributed by atoms with Crippen LogP contribution in [-0.4, -0.2) is 22.9 Å². The van der Waals surface area contributed by atoms with Crippen LogP contribution in [0.5, 0.6) is 0 Å². The molecule has 3 nitrogen and oxygen atoms in total. The van der Waals surface area contributed by atoms with Crippen LogP contribution in [0.1, 0.15) is 62.4 Å². The average molecular weight is 291 g/mol. The van der Waals surface area contributed by atoms with Crippen molar-refractivity contribution in [3.8, 4) is 0 Å². The number of aromatic nitrogens is 2. The molecule has 1 aliphatic rings. The molecule has 120 valence electrons. The average Bonchev–Trinajstić information content (AvgIpc) is 2.74. The predicted octanol–water partition coefficient (Wildman–Crippen LogP) is 3.77. The monoisotopic (exact) mass is 291 g/mol. The van der Waals surface area contributed by atoms with Gasteiger partial charge in [-0.25, -0.2) is 0 Å². The van der Waals surface area contributed by atoms with Gasteiger partial charge in [-0.2, -0.15) is 5.10 Å². The Morgan fingerprint density at radius 2 is 2.00 bits per heavy atom. The Morgan fingerprint density at radius 3 is 2.57 bits per heavy atom. The van der Waals surface area contributed by atoms with Gasteiger partial charge in [0.25, 0.3) is 0 Å². The van der Waals surface area contributed by atoms with Gasteiger partial charge in [0.1, 0.15) is 0 Å². The number of nitrogens with zero attached hydrogens (tertiary/aromatic N) is 2. The highest BCUT2D eigenvalue weighted by Crippen LogP contribution is 2.35. The second kappa shape index (κ2) is 7.44. The molecule has 1 aliphatic carbocycles. The number of nitrogens with one attached hydrogen (secondary N) is 1. The van der Waals surface area contributed by atoms with Crippen molar-refractivity contribution in [3.63, 3.8) is 0 Å². The van der Waals surface area contributed by atoms with Gasteiger partial charge in [-0.3, -0.25) is 4.68 Å². The Morgan fingerprint density at radius 1 is 1.29 bits per heavy atom. The van der Waals surface area contributed by atoms with Crippen molar-refractivity contribution in [2.75, 3.05) is 7.05 Å². The summed E-state index contributed by atoms with van der Waals surface area (Å²) in [4.78, 5) is 0. The number of hydrogen-bond donors (Lipinski definition) is 1. The lowest BCUT2D eigenvalue weighted by Gasteiger charge is -2.37. The minimum atomic E-state index is 0.661. The molecule has 0 aromatic carbocycles. The van der Waals surface area contributed by atoms with Crippen LogP contribution in [0, 0.1) is 25.7 Å². The maximum Gasteiger partial charge on any atom is 0.0628 e. The van der Waals surface area contributed by atoms with Crippen LogP contribution in [0.25, 0.3) is 0 Å². The van der Waals surface area contributed by atoms with Crippen LogP contribution in [-0.2, 0) is 13.5 Å². The molecule has 1 aromatic heterocycles. The van der Waals surface area contributed by atoms with Gasteiger partial charge in [0, 0.05) is 18.8 Å². The zero-order valence-electron chi connectivity index (χ0n) is 14.6. The number of aryl methyl sites for hydroxylation is 2. The topological polar surface area (TPSA) is 29.9 Å². The first kappa shape index (κ1) is 16.5. The highest BCUT2D eigenvalue weighted by molar-refractivity contribution is 5.24. The smallest absolute Gasteiger partial charge is 0.0628 e. The lowest BCUT2D eigenvalue weighted by molar-refractivity contribution is 0.174. The minimum Gasteiger partial charge on any atom is -0.317 e. The van der Waals surface area contributed by atoms with Crippen LogP contribution in [0.3, 0.4) is 0 Å². The highest BCUT2D eigenvalue weighted by atomic mass is 15.3. The summed E-state index contributed by atoms with van der Waals surface area (Å²) < 4.78 is 2.02. The second-order valence-electron chi connectivity index (χ2n) is 6.82. The van der Waals surface area contributed by atoms with Crippen molar-refractivity contribution < 1.29 is 0 Å². The summed E-state index contributed by atoms with van der Waals surface area (Å²) in [6.07, 6.45) is 9.44. The van der Waals surface area contributed by atoms with Crippen LogP contribution in [0.15, 0.2) is 0 Å². The zero-order valence-corrected chi connectivity index (χ0v) is 14.6. The van der Waals surface area contributed by atoms with Gasteiger partial charge in [-0.1, -0.05) is 32.6 Å². The normalized spacial score (nSPS) is 24.2. The van der Waals surface area contributed by atoms with Gasteiger partial charge in [-0.15, -0.1) is 0 Å². The lowest BCUT2D eigenvalue weighted by Crippen LogP contribution is -2.39. The van der Waals surface area contributed by atoms with Crippen molar-refractivity contribution in [2.24, 2.45) is 18.9 Å². The molecule has 3 unspecified atom stereocenters. The van der Waals surface area contributed by atoms with Gasteiger partial charge >= 0.3 is 0 Å². The van der Waals surface area contributed by atoms with Gasteiger partial charge in [0.15, 0.2) is 0 Å². The summed E-state index contributed by atoms with van der Waals surface area (Å²) in [5.74, 6) is 1.79. The molecule has 1 aromatic rings. The molecule has 21 heavy (non-hydrogen) atoms. The van der Waals surface area contributed by atoms with E-state index in [0.29, 0.717) is 6.04 Å². The van der Waals surface area contributed by atoms with E-state index in [4.69, 9.17) is 0 Å². The Balaban J connectivity index is 2.01. The molecule has 3 atom stereocenters. The first-order chi connectivity index (χ1) is 10.1. The summed E-state index contributed by atoms with van der Waals surface area (Å²) in [5, 5.41) is 8.18. The standard InChI is InChI=1S/C18H33N3/c1-6-15-9-7-8-10-17(15)18(19-4)12-11-16-13(2)20-21(5)14(16)3/h15,17-19H,6-12H2,1-5H3. The van der Waals surface area contributed by atoms with Crippen LogP contribution in [0.2, 0.25) is 0 Å². The van der Waals surface area contributed by atoms with E-state index >= 15 is 0 Å². The Labute approximate surface area is 130 Å². The third kappa shape index (κ3) is 3.68. The van der Waals surface area contributed by atoms with Crippen molar-refractivity contribution in [1.29, 1.82) is 0 Å². The van der Waals surface area contributed by atoms with E-state index in [-0.39, 0.29) is 0 Å². The van der Waals surface area contributed by atoms with E-state index in [0.717, 1.165) is 18.3 Å². The summed E-state index contributed by atoms with van der Waals surface area (Å²) in [7, 11) is 4.20. The first-order valence-electron chi connectivity index (χ1n) is 8.74. The van der Waals surface area contributed by atoms with E-state index in [1.54, 1.807) is 0 Å². The molecule has 0 aliphatic heterocycles. The fraction of sp³-hybridized carbons (Fsp3) is 0.833. The van der Waals surface area contributed by atoms with Gasteiger partial charge in [-0.05, 0) is 57.6 Å². The van der Waals surface area contributed by atoms with E-state index < -0.39 is 0 Å². The first-order valence-corrected chi connectivity index (χ1v) is 8.74. The highest BCUT2D eigenvalue weighted by Gasteiger charge is 2.30. The van der Waals surface area contributed by atoms with E-state index in [1.165, 1.54) is 55.5 Å². The minimum absolute atomic E-state index is 0.661. The van der Waals surface area contributed by atoms with Crippen LogP contribution >= 0.6 is 0 Å². The maximum atomic E-state index is 4.55. The van der Waals surface area contributed by atoms with Gasteiger partial charge in [0.2, 0.25) is 0 Å². The Kier molecular flexibility index (Phi) is 5.86. The van der Waals surface area contributed by atoms with Crippen molar-refractivity contribution in [3.05, 3.63) is 17.0 Å². The molecular formula is C18H33N3. The molecule has 1 fully saturated rings. The van der Waals surface area contributed by atoms with Crippen LogP contribution in [0.4, 0.5) is 0 Å². The molecule has 0 radical (unpaired) electrons. The predicted molar refractivity (Wildman–Crippen MR) is 89.6 cm³/mol. The third-order valence-electron chi connectivity index (χ3n) is 5.74. The fourth-order valence-corrected chi connectivity index (χ4v) is 4.32. The summed E-state index contributed by atoms with van der Waals surface area (Å²) in [6, 6.07) is 0.661. The number of rotatable bonds is 6. The van der Waals surface area contributed by atoms with E-state index in [9.17, 15) is 0 Å². The largest absolute Gasteiger partial charge is 0.317 e. The molecule has 1 saturated carbocycles. The fourth-order valence-electron chi connectivity index (χ4n) is 4.32. The Bertz CT molecular complexity index is 450. The maximum absolute atomic E-state index is 4.55. The van der Waals surface area contributed by atoms with Gasteiger partial charge in [0.05, 0.1) is 5.69 Å². The quantitative estimate of drug-likeness (QED) is 0.864.